The molecular weight excluding hydrogens is 194 g/mol. The first-order valence-corrected chi connectivity index (χ1v) is 5.63. The van der Waals surface area contributed by atoms with Crippen LogP contribution in [0.1, 0.15) is 39.5 Å². The lowest BCUT2D eigenvalue weighted by molar-refractivity contribution is -0.139. The van der Waals surface area contributed by atoms with Crippen LogP contribution in [0.15, 0.2) is 0 Å². The molecule has 0 amide bonds. The second-order valence-corrected chi connectivity index (χ2v) is 4.35. The van der Waals surface area contributed by atoms with Gasteiger partial charge in [-0.15, -0.1) is 0 Å². The Morgan fingerprint density at radius 2 is 2.00 bits per heavy atom. The summed E-state index contributed by atoms with van der Waals surface area (Å²) in [5.41, 5.74) is 0. The quantitative estimate of drug-likeness (QED) is 0.508. The molecule has 0 aromatic heterocycles. The zero-order valence-electron chi connectivity index (χ0n) is 9.70. The Bertz CT molecular complexity index is 171. The maximum absolute atomic E-state index is 10.2. The van der Waals surface area contributed by atoms with E-state index in [2.05, 4.69) is 19.2 Å². The molecule has 0 aliphatic rings. The number of carbonyl (C=O) groups is 1. The Morgan fingerprint density at radius 3 is 2.53 bits per heavy atom. The molecule has 15 heavy (non-hydrogen) atoms. The van der Waals surface area contributed by atoms with E-state index in [1.54, 1.807) is 0 Å². The molecule has 0 radical (unpaired) electrons. The zero-order valence-corrected chi connectivity index (χ0v) is 9.70. The van der Waals surface area contributed by atoms with Gasteiger partial charge in [0.15, 0.2) is 0 Å². The number of aliphatic hydroxyl groups is 1. The van der Waals surface area contributed by atoms with Gasteiger partial charge < -0.3 is 15.5 Å². The highest BCUT2D eigenvalue weighted by atomic mass is 16.4. The predicted octanol–water partition coefficient (Wildman–Crippen LogP) is 1.24. The molecule has 0 saturated heterocycles. The Balaban J connectivity index is 3.20. The molecule has 3 N–H and O–H groups in total. The Labute approximate surface area is 91.7 Å². The Hall–Kier alpha value is -0.610. The minimum atomic E-state index is -0.955. The molecule has 0 heterocycles. The average molecular weight is 217 g/mol. The first-order chi connectivity index (χ1) is 7.02. The average Bonchev–Trinajstić information content (AvgIpc) is 2.09. The monoisotopic (exact) mass is 217 g/mol. The van der Waals surface area contributed by atoms with E-state index in [1.807, 2.05) is 0 Å². The zero-order chi connectivity index (χ0) is 11.7. The molecule has 1 unspecified atom stereocenters. The molecule has 0 saturated carbocycles. The van der Waals surface area contributed by atoms with Crippen molar-refractivity contribution in [3.05, 3.63) is 0 Å². The van der Waals surface area contributed by atoms with Crippen LogP contribution in [0.2, 0.25) is 0 Å². The van der Waals surface area contributed by atoms with Crippen molar-refractivity contribution >= 4 is 5.97 Å². The van der Waals surface area contributed by atoms with Gasteiger partial charge in [-0.1, -0.05) is 26.7 Å². The molecular formula is C11H23NO3. The smallest absolute Gasteiger partial charge is 0.306 e. The summed E-state index contributed by atoms with van der Waals surface area (Å²) in [6, 6.07) is 0. The number of nitrogens with one attached hydrogen (secondary N) is 1. The summed E-state index contributed by atoms with van der Waals surface area (Å²) in [5, 5.41) is 20.7. The highest BCUT2D eigenvalue weighted by Crippen LogP contribution is 2.04. The highest BCUT2D eigenvalue weighted by molar-refractivity contribution is 5.67. The predicted molar refractivity (Wildman–Crippen MR) is 59.8 cm³/mol. The van der Waals surface area contributed by atoms with E-state index in [4.69, 9.17) is 5.11 Å². The van der Waals surface area contributed by atoms with Gasteiger partial charge in [-0.2, -0.15) is 0 Å². The van der Waals surface area contributed by atoms with Crippen molar-refractivity contribution in [1.82, 2.24) is 5.32 Å². The van der Waals surface area contributed by atoms with Crippen molar-refractivity contribution in [2.45, 2.75) is 45.6 Å². The third kappa shape index (κ3) is 11.3. The van der Waals surface area contributed by atoms with Crippen molar-refractivity contribution in [2.24, 2.45) is 5.92 Å². The van der Waals surface area contributed by atoms with Crippen LogP contribution < -0.4 is 5.32 Å². The maximum Gasteiger partial charge on any atom is 0.306 e. The summed E-state index contributed by atoms with van der Waals surface area (Å²) in [6.07, 6.45) is 2.53. The lowest BCUT2D eigenvalue weighted by Gasteiger charge is -2.09. The number of carboxylic acid groups (broad SMARTS) is 1. The number of unbranched alkanes of at least 4 members (excludes halogenated alkanes) is 1. The molecule has 90 valence electrons. The molecule has 0 aromatic carbocycles. The van der Waals surface area contributed by atoms with Gasteiger partial charge in [0, 0.05) is 6.54 Å². The van der Waals surface area contributed by atoms with Gasteiger partial charge in [0.05, 0.1) is 12.5 Å². The van der Waals surface area contributed by atoms with E-state index >= 15 is 0 Å². The largest absolute Gasteiger partial charge is 0.481 e. The van der Waals surface area contributed by atoms with Crippen LogP contribution in [-0.4, -0.2) is 35.4 Å². The van der Waals surface area contributed by atoms with Gasteiger partial charge in [-0.05, 0) is 18.9 Å². The third-order valence-electron chi connectivity index (χ3n) is 2.18. The summed E-state index contributed by atoms with van der Waals surface area (Å²) < 4.78 is 0. The molecule has 0 aromatic rings. The molecule has 0 bridgehead atoms. The van der Waals surface area contributed by atoms with Gasteiger partial charge >= 0.3 is 5.97 Å². The number of aliphatic carboxylic acids is 1. The SMILES string of the molecule is CC(C)CCCCNCC(O)CC(=O)O. The molecule has 4 nitrogen and oxygen atoms in total. The molecule has 4 heteroatoms. The van der Waals surface area contributed by atoms with Crippen LogP contribution in [0.4, 0.5) is 0 Å². The van der Waals surface area contributed by atoms with E-state index < -0.39 is 12.1 Å². The second-order valence-electron chi connectivity index (χ2n) is 4.35. The molecule has 0 aliphatic carbocycles. The van der Waals surface area contributed by atoms with Crippen LogP contribution >= 0.6 is 0 Å². The van der Waals surface area contributed by atoms with Crippen LogP contribution in [0.5, 0.6) is 0 Å². The summed E-state index contributed by atoms with van der Waals surface area (Å²) in [4.78, 5) is 10.2. The van der Waals surface area contributed by atoms with Gasteiger partial charge in [0.25, 0.3) is 0 Å². The van der Waals surface area contributed by atoms with Gasteiger partial charge in [0.2, 0.25) is 0 Å². The Morgan fingerprint density at radius 1 is 1.33 bits per heavy atom. The van der Waals surface area contributed by atoms with Crippen molar-refractivity contribution in [3.63, 3.8) is 0 Å². The number of hydrogen-bond donors (Lipinski definition) is 3. The van der Waals surface area contributed by atoms with Crippen LogP contribution in [0.25, 0.3) is 0 Å². The molecule has 0 spiro atoms. The van der Waals surface area contributed by atoms with Gasteiger partial charge in [-0.3, -0.25) is 4.79 Å². The summed E-state index contributed by atoms with van der Waals surface area (Å²) >= 11 is 0. The molecule has 1 atom stereocenters. The number of carboxylic acids is 1. The first-order valence-electron chi connectivity index (χ1n) is 5.63. The fourth-order valence-electron chi connectivity index (χ4n) is 1.34. The standard InChI is InChI=1S/C11H23NO3/c1-9(2)5-3-4-6-12-8-10(13)7-11(14)15/h9-10,12-13H,3-8H2,1-2H3,(H,14,15). The third-order valence-corrected chi connectivity index (χ3v) is 2.18. The highest BCUT2D eigenvalue weighted by Gasteiger charge is 2.07. The van der Waals surface area contributed by atoms with Crippen LogP contribution in [0, 0.1) is 5.92 Å². The Kier molecular flexibility index (Phi) is 8.33. The van der Waals surface area contributed by atoms with E-state index in [-0.39, 0.29) is 6.42 Å². The van der Waals surface area contributed by atoms with Crippen molar-refractivity contribution in [3.8, 4) is 0 Å². The van der Waals surface area contributed by atoms with E-state index in [1.165, 1.54) is 12.8 Å². The van der Waals surface area contributed by atoms with Crippen molar-refractivity contribution < 1.29 is 15.0 Å². The van der Waals surface area contributed by atoms with Crippen LogP contribution in [0.3, 0.4) is 0 Å². The summed E-state index contributed by atoms with van der Waals surface area (Å²) in [7, 11) is 0. The minimum Gasteiger partial charge on any atom is -0.481 e. The number of aliphatic hydroxyl groups excluding tert-OH is 1. The lowest BCUT2D eigenvalue weighted by Crippen LogP contribution is -2.29. The van der Waals surface area contributed by atoms with Gasteiger partial charge in [0.1, 0.15) is 0 Å². The number of rotatable bonds is 9. The first kappa shape index (κ1) is 14.4. The molecule has 0 aliphatic heterocycles. The minimum absolute atomic E-state index is 0.182. The fraction of sp³-hybridized carbons (Fsp3) is 0.909. The summed E-state index contributed by atoms with van der Waals surface area (Å²) in [6.45, 7) is 5.62. The fourth-order valence-corrected chi connectivity index (χ4v) is 1.34. The van der Waals surface area contributed by atoms with Crippen molar-refractivity contribution in [2.75, 3.05) is 13.1 Å². The van der Waals surface area contributed by atoms with Crippen molar-refractivity contribution in [1.29, 1.82) is 0 Å². The van der Waals surface area contributed by atoms with E-state index in [0.717, 1.165) is 18.9 Å². The van der Waals surface area contributed by atoms with Crippen LogP contribution in [-0.2, 0) is 4.79 Å². The topological polar surface area (TPSA) is 69.6 Å². The summed E-state index contributed by atoms with van der Waals surface area (Å²) in [5.74, 6) is -0.216. The number of hydrogen-bond acceptors (Lipinski definition) is 3. The lowest BCUT2D eigenvalue weighted by atomic mass is 10.1. The van der Waals surface area contributed by atoms with E-state index in [9.17, 15) is 9.90 Å². The molecule has 0 rings (SSSR count). The normalized spacial score (nSPS) is 13.1. The second kappa shape index (κ2) is 8.68. The van der Waals surface area contributed by atoms with E-state index in [0.29, 0.717) is 6.54 Å². The molecule has 0 fully saturated rings. The maximum atomic E-state index is 10.2. The van der Waals surface area contributed by atoms with Gasteiger partial charge in [-0.25, -0.2) is 0 Å².